The fourth-order valence-electron chi connectivity index (χ4n) is 3.86. The van der Waals surface area contributed by atoms with E-state index in [1.54, 1.807) is 0 Å². The third-order valence-electron chi connectivity index (χ3n) is 5.39. The first-order valence-electron chi connectivity index (χ1n) is 9.34. The molecule has 136 valence electrons. The lowest BCUT2D eigenvalue weighted by molar-refractivity contribution is -0.121. The summed E-state index contributed by atoms with van der Waals surface area (Å²) in [7, 11) is 0. The van der Waals surface area contributed by atoms with E-state index in [2.05, 4.69) is 23.6 Å². The Hall–Kier alpha value is -0.260. The quantitative estimate of drug-likeness (QED) is 0.741. The van der Waals surface area contributed by atoms with E-state index in [0.717, 1.165) is 45.8 Å². The van der Waals surface area contributed by atoms with Crippen molar-refractivity contribution in [3.8, 4) is 0 Å². The van der Waals surface area contributed by atoms with Crippen LogP contribution in [0.15, 0.2) is 0 Å². The molecule has 0 aromatic carbocycles. The predicted octanol–water partition coefficient (Wildman–Crippen LogP) is 3.02. The summed E-state index contributed by atoms with van der Waals surface area (Å²) in [5.41, 5.74) is 0. The second kappa shape index (κ2) is 8.21. The van der Waals surface area contributed by atoms with E-state index in [1.165, 1.54) is 0 Å². The molecule has 2 saturated heterocycles. The highest BCUT2D eigenvalue weighted by Crippen LogP contribution is 2.35. The Morgan fingerprint density at radius 3 is 2.09 bits per heavy atom. The van der Waals surface area contributed by atoms with Crippen molar-refractivity contribution in [2.45, 2.75) is 52.5 Å². The van der Waals surface area contributed by atoms with Gasteiger partial charge in [-0.3, -0.25) is 4.90 Å². The SMILES string of the molecule is CC(C)CN1CCN(CCC2CCN(C(C)C)CC2(F)F)CC1. The van der Waals surface area contributed by atoms with Gasteiger partial charge in [0.1, 0.15) is 0 Å². The van der Waals surface area contributed by atoms with E-state index in [4.69, 9.17) is 0 Å². The van der Waals surface area contributed by atoms with Crippen molar-refractivity contribution in [3.63, 3.8) is 0 Å². The zero-order valence-electron chi connectivity index (χ0n) is 15.4. The van der Waals surface area contributed by atoms with Crippen LogP contribution in [-0.2, 0) is 0 Å². The summed E-state index contributed by atoms with van der Waals surface area (Å²) in [6.45, 7) is 15.5. The Kier molecular flexibility index (Phi) is 6.81. The lowest BCUT2D eigenvalue weighted by Gasteiger charge is -2.41. The monoisotopic (exact) mass is 331 g/mol. The molecule has 2 aliphatic rings. The number of piperazine rings is 1. The summed E-state index contributed by atoms with van der Waals surface area (Å²) >= 11 is 0. The minimum absolute atomic E-state index is 0.0580. The van der Waals surface area contributed by atoms with Gasteiger partial charge in [-0.25, -0.2) is 8.78 Å². The van der Waals surface area contributed by atoms with Gasteiger partial charge in [0.2, 0.25) is 0 Å². The van der Waals surface area contributed by atoms with Crippen molar-refractivity contribution in [3.05, 3.63) is 0 Å². The number of alkyl halides is 2. The molecule has 0 N–H and O–H groups in total. The maximum absolute atomic E-state index is 14.4. The van der Waals surface area contributed by atoms with Gasteiger partial charge in [-0.1, -0.05) is 13.8 Å². The second-order valence-corrected chi connectivity index (χ2v) is 8.14. The van der Waals surface area contributed by atoms with Crippen LogP contribution in [0.5, 0.6) is 0 Å². The van der Waals surface area contributed by atoms with Gasteiger partial charge in [0.05, 0.1) is 6.54 Å². The van der Waals surface area contributed by atoms with Crippen LogP contribution >= 0.6 is 0 Å². The molecule has 0 bridgehead atoms. The average Bonchev–Trinajstić information content (AvgIpc) is 2.46. The fraction of sp³-hybridized carbons (Fsp3) is 1.00. The highest BCUT2D eigenvalue weighted by atomic mass is 19.3. The van der Waals surface area contributed by atoms with Gasteiger partial charge in [0.25, 0.3) is 5.92 Å². The van der Waals surface area contributed by atoms with Crippen LogP contribution < -0.4 is 0 Å². The van der Waals surface area contributed by atoms with Crippen molar-refractivity contribution >= 4 is 0 Å². The lowest BCUT2D eigenvalue weighted by Crippen LogP contribution is -2.52. The van der Waals surface area contributed by atoms with Gasteiger partial charge in [0.15, 0.2) is 0 Å². The van der Waals surface area contributed by atoms with Gasteiger partial charge in [0, 0.05) is 44.7 Å². The summed E-state index contributed by atoms with van der Waals surface area (Å²) in [4.78, 5) is 6.79. The van der Waals surface area contributed by atoms with E-state index in [1.807, 2.05) is 18.7 Å². The maximum Gasteiger partial charge on any atom is 0.263 e. The Morgan fingerprint density at radius 2 is 1.57 bits per heavy atom. The molecule has 2 heterocycles. The minimum atomic E-state index is -2.53. The molecule has 0 saturated carbocycles. The molecule has 3 nitrogen and oxygen atoms in total. The van der Waals surface area contributed by atoms with Crippen molar-refractivity contribution in [1.29, 1.82) is 0 Å². The van der Waals surface area contributed by atoms with Crippen LogP contribution in [0, 0.1) is 11.8 Å². The molecular formula is C18H35F2N3. The van der Waals surface area contributed by atoms with Crippen molar-refractivity contribution in [1.82, 2.24) is 14.7 Å². The first-order chi connectivity index (χ1) is 10.8. The van der Waals surface area contributed by atoms with Gasteiger partial charge >= 0.3 is 0 Å². The number of rotatable bonds is 6. The smallest absolute Gasteiger partial charge is 0.263 e. The molecule has 0 aliphatic carbocycles. The summed E-state index contributed by atoms with van der Waals surface area (Å²) in [6.07, 6.45) is 1.28. The standard InChI is InChI=1S/C18H35F2N3/c1-15(2)13-22-11-9-21(10-12-22)7-5-17-6-8-23(16(3)4)14-18(17,19)20/h15-17H,5-14H2,1-4H3. The molecular weight excluding hydrogens is 296 g/mol. The normalized spacial score (nSPS) is 27.9. The zero-order valence-corrected chi connectivity index (χ0v) is 15.4. The molecule has 5 heteroatoms. The molecule has 0 radical (unpaired) electrons. The van der Waals surface area contributed by atoms with E-state index < -0.39 is 11.8 Å². The van der Waals surface area contributed by atoms with E-state index >= 15 is 0 Å². The third-order valence-corrected chi connectivity index (χ3v) is 5.39. The maximum atomic E-state index is 14.4. The molecule has 23 heavy (non-hydrogen) atoms. The van der Waals surface area contributed by atoms with Crippen LogP contribution in [0.25, 0.3) is 0 Å². The highest BCUT2D eigenvalue weighted by molar-refractivity contribution is 4.88. The largest absolute Gasteiger partial charge is 0.301 e. The minimum Gasteiger partial charge on any atom is -0.301 e. The van der Waals surface area contributed by atoms with Gasteiger partial charge in [-0.15, -0.1) is 0 Å². The van der Waals surface area contributed by atoms with E-state index in [9.17, 15) is 8.78 Å². The number of piperidine rings is 1. The molecule has 0 aromatic heterocycles. The average molecular weight is 331 g/mol. The summed E-state index contributed by atoms with van der Waals surface area (Å²) in [6, 6.07) is 0.218. The second-order valence-electron chi connectivity index (χ2n) is 8.14. The van der Waals surface area contributed by atoms with Crippen LogP contribution in [-0.4, -0.2) is 79.0 Å². The van der Waals surface area contributed by atoms with Crippen molar-refractivity contribution in [2.75, 3.05) is 52.4 Å². The number of halogens is 2. The third kappa shape index (κ3) is 5.64. The van der Waals surface area contributed by atoms with Crippen LogP contribution in [0.4, 0.5) is 8.78 Å². The summed E-state index contributed by atoms with van der Waals surface area (Å²) in [5, 5.41) is 0. The van der Waals surface area contributed by atoms with Gasteiger partial charge in [-0.05, 0) is 45.7 Å². The molecule has 0 amide bonds. The number of nitrogens with zero attached hydrogens (tertiary/aromatic N) is 3. The van der Waals surface area contributed by atoms with Crippen molar-refractivity contribution < 1.29 is 8.78 Å². The molecule has 0 aromatic rings. The van der Waals surface area contributed by atoms with Crippen LogP contribution in [0.1, 0.15) is 40.5 Å². The molecule has 1 atom stereocenters. The Balaban J connectivity index is 1.72. The van der Waals surface area contributed by atoms with E-state index in [-0.39, 0.29) is 12.6 Å². The molecule has 2 fully saturated rings. The van der Waals surface area contributed by atoms with Crippen LogP contribution in [0.2, 0.25) is 0 Å². The predicted molar refractivity (Wildman–Crippen MR) is 92.1 cm³/mol. The van der Waals surface area contributed by atoms with Gasteiger partial charge < -0.3 is 9.80 Å². The Labute approximate surface area is 141 Å². The summed E-state index contributed by atoms with van der Waals surface area (Å²) < 4.78 is 28.7. The van der Waals surface area contributed by atoms with E-state index in [0.29, 0.717) is 18.8 Å². The lowest BCUT2D eigenvalue weighted by atomic mass is 9.89. The summed E-state index contributed by atoms with van der Waals surface area (Å²) in [5.74, 6) is -2.26. The number of likely N-dealkylation sites (tertiary alicyclic amines) is 1. The molecule has 2 rings (SSSR count). The highest BCUT2D eigenvalue weighted by Gasteiger charge is 2.44. The Bertz CT molecular complexity index is 352. The topological polar surface area (TPSA) is 9.72 Å². The molecule has 1 unspecified atom stereocenters. The Morgan fingerprint density at radius 1 is 0.957 bits per heavy atom. The zero-order chi connectivity index (χ0) is 17.0. The first kappa shape index (κ1) is 19.1. The first-order valence-corrected chi connectivity index (χ1v) is 9.34. The molecule has 0 spiro atoms. The number of hydrogen-bond acceptors (Lipinski definition) is 3. The fourth-order valence-corrected chi connectivity index (χ4v) is 3.86. The van der Waals surface area contributed by atoms with Gasteiger partial charge in [-0.2, -0.15) is 0 Å². The number of hydrogen-bond donors (Lipinski definition) is 0. The van der Waals surface area contributed by atoms with Crippen molar-refractivity contribution in [2.24, 2.45) is 11.8 Å². The van der Waals surface area contributed by atoms with Crippen LogP contribution in [0.3, 0.4) is 0 Å². The molecule has 2 aliphatic heterocycles.